The smallest absolute Gasteiger partial charge is 0.178 e. The van der Waals surface area contributed by atoms with E-state index in [-0.39, 0.29) is 5.78 Å². The topological polar surface area (TPSA) is 34.1 Å². The number of aldehydes is 1. The van der Waals surface area contributed by atoms with Crippen LogP contribution in [0.15, 0.2) is 24.3 Å². The summed E-state index contributed by atoms with van der Waals surface area (Å²) in [7, 11) is 0. The van der Waals surface area contributed by atoms with E-state index < -0.39 is 0 Å². The van der Waals surface area contributed by atoms with Crippen molar-refractivity contribution in [3.8, 4) is 0 Å². The van der Waals surface area contributed by atoms with E-state index in [2.05, 4.69) is 0 Å². The van der Waals surface area contributed by atoms with Gasteiger partial charge >= 0.3 is 0 Å². The Labute approximate surface area is 53.9 Å². The molecule has 0 aliphatic heterocycles. The van der Waals surface area contributed by atoms with Gasteiger partial charge in [-0.3, -0.25) is 9.59 Å². The summed E-state index contributed by atoms with van der Waals surface area (Å²) in [6.45, 7) is 1.74. The molecule has 9 heavy (non-hydrogen) atoms. The van der Waals surface area contributed by atoms with E-state index in [9.17, 15) is 9.59 Å². The van der Waals surface area contributed by atoms with Gasteiger partial charge in [0.25, 0.3) is 0 Å². The van der Waals surface area contributed by atoms with Crippen LogP contribution < -0.4 is 0 Å². The van der Waals surface area contributed by atoms with Crippen molar-refractivity contribution < 1.29 is 9.59 Å². The van der Waals surface area contributed by atoms with Gasteiger partial charge in [0, 0.05) is 0 Å². The first-order chi connectivity index (χ1) is 4.31. The minimum absolute atomic E-state index is 0.162. The molecule has 0 aromatic carbocycles. The Morgan fingerprint density at radius 3 is 2.44 bits per heavy atom. The molecule has 0 saturated carbocycles. The standard InChI is InChI=1S/C7H8O2/c1-2-4-7(9)5-3-6-8/h2-6H,1H3/b4-2+,5-3?. The molecule has 0 radical (unpaired) electrons. The van der Waals surface area contributed by atoms with Gasteiger partial charge in [-0.25, -0.2) is 0 Å². The SMILES string of the molecule is C/C=C/C(=O)C=CC=O. The van der Waals surface area contributed by atoms with Crippen molar-refractivity contribution in [2.45, 2.75) is 6.92 Å². The fraction of sp³-hybridized carbons (Fsp3) is 0.143. The predicted molar refractivity (Wildman–Crippen MR) is 35.0 cm³/mol. The Kier molecular flexibility index (Phi) is 4.32. The van der Waals surface area contributed by atoms with Crippen molar-refractivity contribution in [2.24, 2.45) is 0 Å². The van der Waals surface area contributed by atoms with Gasteiger partial charge in [0.15, 0.2) is 5.78 Å². The summed E-state index contributed by atoms with van der Waals surface area (Å²) in [6, 6.07) is 0. The van der Waals surface area contributed by atoms with Gasteiger partial charge in [0.2, 0.25) is 0 Å². The van der Waals surface area contributed by atoms with E-state index in [0.29, 0.717) is 6.29 Å². The van der Waals surface area contributed by atoms with Crippen molar-refractivity contribution in [1.29, 1.82) is 0 Å². The Bertz CT molecular complexity index is 154. The summed E-state index contributed by atoms with van der Waals surface area (Å²) < 4.78 is 0. The van der Waals surface area contributed by atoms with Crippen LogP contribution in [0.4, 0.5) is 0 Å². The van der Waals surface area contributed by atoms with Crippen LogP contribution >= 0.6 is 0 Å². The highest BCUT2D eigenvalue weighted by Gasteiger charge is 1.82. The maximum atomic E-state index is 10.5. The number of ketones is 1. The Morgan fingerprint density at radius 2 is 2.00 bits per heavy atom. The van der Waals surface area contributed by atoms with Gasteiger partial charge in [0.05, 0.1) is 0 Å². The number of allylic oxidation sites excluding steroid dienone is 4. The van der Waals surface area contributed by atoms with Crippen molar-refractivity contribution in [3.63, 3.8) is 0 Å². The molecule has 0 spiro atoms. The summed E-state index contributed by atoms with van der Waals surface area (Å²) in [5.41, 5.74) is 0. The van der Waals surface area contributed by atoms with E-state index in [1.165, 1.54) is 18.2 Å². The normalized spacial score (nSPS) is 10.8. The summed E-state index contributed by atoms with van der Waals surface area (Å²) in [5.74, 6) is -0.162. The molecule has 0 fully saturated rings. The third-order valence-electron chi connectivity index (χ3n) is 0.670. The Hall–Kier alpha value is -1.18. The van der Waals surface area contributed by atoms with E-state index in [0.717, 1.165) is 0 Å². The first kappa shape index (κ1) is 7.82. The van der Waals surface area contributed by atoms with E-state index in [4.69, 9.17) is 0 Å². The zero-order valence-electron chi connectivity index (χ0n) is 5.20. The average molecular weight is 124 g/mol. The van der Waals surface area contributed by atoms with E-state index in [1.54, 1.807) is 13.0 Å². The van der Waals surface area contributed by atoms with Crippen molar-refractivity contribution >= 4 is 12.1 Å². The predicted octanol–water partition coefficient (Wildman–Crippen LogP) is 0.887. The number of hydrogen-bond donors (Lipinski definition) is 0. The average Bonchev–Trinajstić information content (AvgIpc) is 1.85. The highest BCUT2D eigenvalue weighted by Crippen LogP contribution is 1.77. The van der Waals surface area contributed by atoms with Gasteiger partial charge in [-0.15, -0.1) is 0 Å². The molecule has 0 heterocycles. The van der Waals surface area contributed by atoms with E-state index in [1.807, 2.05) is 0 Å². The molecule has 0 atom stereocenters. The van der Waals surface area contributed by atoms with Crippen LogP contribution in [0.3, 0.4) is 0 Å². The second kappa shape index (κ2) is 4.97. The van der Waals surface area contributed by atoms with Crippen LogP contribution in [0.1, 0.15) is 6.92 Å². The molecule has 0 saturated heterocycles. The molecule has 0 aliphatic rings. The Balaban J connectivity index is 3.76. The molecule has 0 unspecified atom stereocenters. The molecule has 48 valence electrons. The monoisotopic (exact) mass is 124 g/mol. The molecule has 0 rings (SSSR count). The van der Waals surface area contributed by atoms with Crippen LogP contribution in [0.2, 0.25) is 0 Å². The largest absolute Gasteiger partial charge is 0.299 e. The lowest BCUT2D eigenvalue weighted by Gasteiger charge is -1.74. The maximum absolute atomic E-state index is 10.5. The molecule has 2 heteroatoms. The quantitative estimate of drug-likeness (QED) is 0.413. The minimum Gasteiger partial charge on any atom is -0.299 e. The zero-order valence-corrected chi connectivity index (χ0v) is 5.20. The number of carbonyl (C=O) groups excluding carboxylic acids is 2. The van der Waals surface area contributed by atoms with Crippen LogP contribution in [0.5, 0.6) is 0 Å². The summed E-state index contributed by atoms with van der Waals surface area (Å²) in [5, 5.41) is 0. The Morgan fingerprint density at radius 1 is 1.33 bits per heavy atom. The van der Waals surface area contributed by atoms with Gasteiger partial charge in [0.1, 0.15) is 6.29 Å². The molecular formula is C7H8O2. The van der Waals surface area contributed by atoms with Crippen molar-refractivity contribution in [3.05, 3.63) is 24.3 Å². The highest BCUT2D eigenvalue weighted by molar-refractivity contribution is 6.00. The third-order valence-corrected chi connectivity index (χ3v) is 0.670. The molecule has 0 amide bonds. The van der Waals surface area contributed by atoms with Crippen LogP contribution in [-0.2, 0) is 9.59 Å². The second-order valence-electron chi connectivity index (χ2n) is 1.40. The number of hydrogen-bond acceptors (Lipinski definition) is 2. The minimum atomic E-state index is -0.162. The highest BCUT2D eigenvalue weighted by atomic mass is 16.1. The number of rotatable bonds is 3. The molecule has 0 bridgehead atoms. The molecule has 0 N–H and O–H groups in total. The third kappa shape index (κ3) is 4.68. The zero-order chi connectivity index (χ0) is 7.11. The van der Waals surface area contributed by atoms with Gasteiger partial charge < -0.3 is 0 Å². The number of carbonyl (C=O) groups is 2. The van der Waals surface area contributed by atoms with Crippen LogP contribution in [0, 0.1) is 0 Å². The first-order valence-corrected chi connectivity index (χ1v) is 2.59. The van der Waals surface area contributed by atoms with Crippen LogP contribution in [0.25, 0.3) is 0 Å². The molecule has 0 aliphatic carbocycles. The fourth-order valence-corrected chi connectivity index (χ4v) is 0.354. The maximum Gasteiger partial charge on any atom is 0.178 e. The van der Waals surface area contributed by atoms with Crippen LogP contribution in [-0.4, -0.2) is 12.1 Å². The van der Waals surface area contributed by atoms with Crippen molar-refractivity contribution in [1.82, 2.24) is 0 Å². The lowest BCUT2D eigenvalue weighted by Crippen LogP contribution is -1.83. The summed E-state index contributed by atoms with van der Waals surface area (Å²) in [6.07, 6.45) is 5.97. The van der Waals surface area contributed by atoms with E-state index >= 15 is 0 Å². The molecule has 2 nitrogen and oxygen atoms in total. The fourth-order valence-electron chi connectivity index (χ4n) is 0.354. The molecule has 0 aromatic heterocycles. The lowest BCUT2D eigenvalue weighted by molar-refractivity contribution is -0.111. The molecular weight excluding hydrogens is 116 g/mol. The van der Waals surface area contributed by atoms with Gasteiger partial charge in [-0.05, 0) is 25.2 Å². The summed E-state index contributed by atoms with van der Waals surface area (Å²) in [4.78, 5) is 20.1. The van der Waals surface area contributed by atoms with Gasteiger partial charge in [-0.1, -0.05) is 6.08 Å². The second-order valence-corrected chi connectivity index (χ2v) is 1.40. The first-order valence-electron chi connectivity index (χ1n) is 2.59. The molecule has 0 aromatic rings. The lowest BCUT2D eigenvalue weighted by atomic mass is 10.3. The van der Waals surface area contributed by atoms with Gasteiger partial charge in [-0.2, -0.15) is 0 Å². The van der Waals surface area contributed by atoms with Crippen molar-refractivity contribution in [2.75, 3.05) is 0 Å². The summed E-state index contributed by atoms with van der Waals surface area (Å²) >= 11 is 0.